The molecule has 3 aliphatic heterocycles. The molecule has 3 aromatic rings. The Bertz CT molecular complexity index is 1200. The Balaban J connectivity index is 1.49. The lowest BCUT2D eigenvalue weighted by Gasteiger charge is -2.63. The summed E-state index contributed by atoms with van der Waals surface area (Å²) in [7, 11) is 2.02. The van der Waals surface area contributed by atoms with Crippen LogP contribution in [0.1, 0.15) is 17.3 Å². The number of β-lactam (4-membered cyclic amide) rings is 1. The van der Waals surface area contributed by atoms with Crippen molar-refractivity contribution in [2.45, 2.75) is 17.1 Å². The summed E-state index contributed by atoms with van der Waals surface area (Å²) in [5.41, 5.74) is 3.12. The molecule has 1 unspecified atom stereocenters. The molecule has 1 amide bonds. The second-order valence-corrected chi connectivity index (χ2v) is 9.06. The molecule has 3 atom stereocenters. The Labute approximate surface area is 190 Å². The molecule has 1 saturated heterocycles. The molecular weight excluding hydrogens is 424 g/mol. The van der Waals surface area contributed by atoms with Gasteiger partial charge in [-0.15, -0.1) is 11.8 Å². The summed E-state index contributed by atoms with van der Waals surface area (Å²) in [5.74, 6) is 2.08. The summed E-state index contributed by atoms with van der Waals surface area (Å²) < 4.78 is 17.4. The first-order valence-electron chi connectivity index (χ1n) is 10.5. The molecule has 0 spiro atoms. The van der Waals surface area contributed by atoms with Gasteiger partial charge in [0.15, 0.2) is 16.4 Å². The molecule has 7 heteroatoms. The molecule has 6 rings (SSSR count). The van der Waals surface area contributed by atoms with Gasteiger partial charge in [-0.25, -0.2) is 0 Å². The number of thioether (sulfide) groups is 1. The molecule has 0 saturated carbocycles. The molecule has 0 aliphatic carbocycles. The number of hydrogen-bond donors (Lipinski definition) is 0. The SMILES string of the molecule is CS[C@]12c3ccccc3N(C)C(c3ccc4c(c3)OCO4)N1C(=O)[C@H]2Oc1ccccc1. The van der Waals surface area contributed by atoms with Crippen LogP contribution in [-0.2, 0) is 9.67 Å². The number of rotatable bonds is 4. The van der Waals surface area contributed by atoms with Crippen LogP contribution in [0.15, 0.2) is 72.8 Å². The number of benzene rings is 3. The summed E-state index contributed by atoms with van der Waals surface area (Å²) in [5, 5.41) is 0. The van der Waals surface area contributed by atoms with Gasteiger partial charge in [0, 0.05) is 18.3 Å². The van der Waals surface area contributed by atoms with E-state index in [1.54, 1.807) is 11.8 Å². The van der Waals surface area contributed by atoms with Crippen LogP contribution < -0.4 is 19.1 Å². The molecule has 3 heterocycles. The zero-order valence-electron chi connectivity index (χ0n) is 17.7. The third kappa shape index (κ3) is 2.51. The number of nitrogens with zero attached hydrogens (tertiary/aromatic N) is 2. The zero-order chi connectivity index (χ0) is 21.9. The third-order valence-corrected chi connectivity index (χ3v) is 7.71. The van der Waals surface area contributed by atoms with Crippen molar-refractivity contribution in [1.29, 1.82) is 0 Å². The standard InChI is InChI=1S/C25H22N2O4S/c1-26-19-11-7-6-10-18(19)25(32-2)22(31-17-8-4-3-5-9-17)24(28)27(25)23(26)16-12-13-20-21(14-16)30-15-29-20/h3-14,22-23H,15H2,1-2H3/t22-,23?,25+/m1/s1. The highest BCUT2D eigenvalue weighted by atomic mass is 32.2. The number of carbonyl (C=O) groups excluding carboxylic acids is 1. The smallest absolute Gasteiger partial charge is 0.270 e. The maximum atomic E-state index is 13.6. The molecule has 0 radical (unpaired) electrons. The quantitative estimate of drug-likeness (QED) is 0.555. The van der Waals surface area contributed by atoms with Gasteiger partial charge in [0.1, 0.15) is 11.9 Å². The Morgan fingerprint density at radius 2 is 1.75 bits per heavy atom. The van der Waals surface area contributed by atoms with Crippen molar-refractivity contribution < 1.29 is 19.0 Å². The van der Waals surface area contributed by atoms with Crippen LogP contribution in [-0.4, -0.2) is 37.0 Å². The van der Waals surface area contributed by atoms with E-state index in [1.807, 2.05) is 78.9 Å². The van der Waals surface area contributed by atoms with Crippen molar-refractivity contribution in [2.24, 2.45) is 0 Å². The molecule has 162 valence electrons. The number of ether oxygens (including phenoxy) is 3. The van der Waals surface area contributed by atoms with Crippen molar-refractivity contribution in [3.05, 3.63) is 83.9 Å². The lowest BCUT2D eigenvalue weighted by Crippen LogP contribution is -2.76. The first-order valence-corrected chi connectivity index (χ1v) is 11.7. The first kappa shape index (κ1) is 19.4. The van der Waals surface area contributed by atoms with Crippen molar-refractivity contribution in [3.8, 4) is 17.2 Å². The molecule has 0 N–H and O–H groups in total. The highest BCUT2D eigenvalue weighted by molar-refractivity contribution is 7.99. The fourth-order valence-electron chi connectivity index (χ4n) is 5.01. The molecular formula is C25H22N2O4S. The molecule has 3 aliphatic rings. The van der Waals surface area contributed by atoms with E-state index in [2.05, 4.69) is 17.0 Å². The van der Waals surface area contributed by atoms with Gasteiger partial charge in [-0.1, -0.05) is 42.5 Å². The molecule has 0 bridgehead atoms. The van der Waals surface area contributed by atoms with E-state index in [4.69, 9.17) is 14.2 Å². The fourth-order valence-corrected chi connectivity index (χ4v) is 6.15. The Morgan fingerprint density at radius 1 is 1.00 bits per heavy atom. The number of amides is 1. The van der Waals surface area contributed by atoms with Gasteiger partial charge in [-0.3, -0.25) is 9.69 Å². The Kier molecular flexibility index (Phi) is 4.30. The van der Waals surface area contributed by atoms with E-state index in [9.17, 15) is 4.79 Å². The van der Waals surface area contributed by atoms with Crippen molar-refractivity contribution in [1.82, 2.24) is 4.90 Å². The van der Waals surface area contributed by atoms with E-state index in [1.165, 1.54) is 0 Å². The van der Waals surface area contributed by atoms with E-state index in [0.29, 0.717) is 11.5 Å². The average Bonchev–Trinajstić information content (AvgIpc) is 3.31. The maximum absolute atomic E-state index is 13.6. The van der Waals surface area contributed by atoms with Crippen molar-refractivity contribution in [3.63, 3.8) is 0 Å². The van der Waals surface area contributed by atoms with Crippen LogP contribution in [0.25, 0.3) is 0 Å². The van der Waals surface area contributed by atoms with Crippen LogP contribution in [0, 0.1) is 0 Å². The molecule has 0 aromatic heterocycles. The fraction of sp³-hybridized carbons (Fsp3) is 0.240. The number of fused-ring (bicyclic) bond motifs is 4. The minimum Gasteiger partial charge on any atom is -0.477 e. The summed E-state index contributed by atoms with van der Waals surface area (Å²) >= 11 is 1.64. The highest BCUT2D eigenvalue weighted by Crippen LogP contribution is 2.60. The minimum atomic E-state index is -0.642. The van der Waals surface area contributed by atoms with E-state index in [-0.39, 0.29) is 18.9 Å². The van der Waals surface area contributed by atoms with E-state index >= 15 is 0 Å². The third-order valence-electron chi connectivity index (χ3n) is 6.46. The molecule has 32 heavy (non-hydrogen) atoms. The van der Waals surface area contributed by atoms with Gasteiger partial charge in [0.05, 0.1) is 0 Å². The van der Waals surface area contributed by atoms with E-state index in [0.717, 1.165) is 22.6 Å². The van der Waals surface area contributed by atoms with Crippen LogP contribution in [0.4, 0.5) is 5.69 Å². The van der Waals surface area contributed by atoms with Crippen molar-refractivity contribution in [2.75, 3.05) is 25.0 Å². The van der Waals surface area contributed by atoms with Gasteiger partial charge in [0.25, 0.3) is 5.91 Å². The maximum Gasteiger partial charge on any atom is 0.270 e. The predicted molar refractivity (Wildman–Crippen MR) is 123 cm³/mol. The summed E-state index contributed by atoms with van der Waals surface area (Å²) in [6, 6.07) is 23.7. The lowest BCUT2D eigenvalue weighted by molar-refractivity contribution is -0.176. The van der Waals surface area contributed by atoms with Crippen LogP contribution >= 0.6 is 11.8 Å². The van der Waals surface area contributed by atoms with Crippen molar-refractivity contribution >= 4 is 23.4 Å². The Hall–Kier alpha value is -3.32. The molecule has 6 nitrogen and oxygen atoms in total. The highest BCUT2D eigenvalue weighted by Gasteiger charge is 2.68. The minimum absolute atomic E-state index is 0.0350. The number of hydrogen-bond acceptors (Lipinski definition) is 6. The monoisotopic (exact) mass is 446 g/mol. The second kappa shape index (κ2) is 7.10. The number of anilines is 1. The zero-order valence-corrected chi connectivity index (χ0v) is 18.5. The van der Waals surface area contributed by atoms with Crippen LogP contribution in [0.3, 0.4) is 0 Å². The number of para-hydroxylation sites is 2. The predicted octanol–water partition coefficient (Wildman–Crippen LogP) is 4.37. The van der Waals surface area contributed by atoms with Crippen LogP contribution in [0.5, 0.6) is 17.2 Å². The van der Waals surface area contributed by atoms with Gasteiger partial charge in [0.2, 0.25) is 12.9 Å². The topological polar surface area (TPSA) is 51.2 Å². The van der Waals surface area contributed by atoms with Gasteiger partial charge in [-0.2, -0.15) is 0 Å². The summed E-state index contributed by atoms with van der Waals surface area (Å²) in [6.45, 7) is 0.215. The summed E-state index contributed by atoms with van der Waals surface area (Å²) in [4.78, 5) is 17.1. The molecule has 3 aromatic carbocycles. The van der Waals surface area contributed by atoms with Crippen LogP contribution in [0.2, 0.25) is 0 Å². The lowest BCUT2D eigenvalue weighted by atomic mass is 9.83. The molecule has 1 fully saturated rings. The largest absolute Gasteiger partial charge is 0.477 e. The second-order valence-electron chi connectivity index (χ2n) is 8.03. The first-order chi connectivity index (χ1) is 15.6. The normalized spacial score (nSPS) is 25.1. The number of carbonyl (C=O) groups is 1. The van der Waals surface area contributed by atoms with E-state index < -0.39 is 11.0 Å². The average molecular weight is 447 g/mol. The Morgan fingerprint density at radius 3 is 2.56 bits per heavy atom. The summed E-state index contributed by atoms with van der Waals surface area (Å²) in [6.07, 6.45) is 1.13. The van der Waals surface area contributed by atoms with Gasteiger partial charge >= 0.3 is 0 Å². The van der Waals surface area contributed by atoms with Gasteiger partial charge in [-0.05, 0) is 42.2 Å². The van der Waals surface area contributed by atoms with Gasteiger partial charge < -0.3 is 19.1 Å².